The highest BCUT2D eigenvalue weighted by Gasteiger charge is 2.34. The number of benzene rings is 3. The number of carbonyl (C=O) groups excluding carboxylic acids is 1. The third-order valence-corrected chi connectivity index (χ3v) is 10.1. The van der Waals surface area contributed by atoms with Crippen LogP contribution >= 0.6 is 23.2 Å². The summed E-state index contributed by atoms with van der Waals surface area (Å²) in [5.41, 5.74) is 1.59. The van der Waals surface area contributed by atoms with Gasteiger partial charge in [-0.1, -0.05) is 35.3 Å². The first-order valence-corrected chi connectivity index (χ1v) is 16.0. The fourth-order valence-corrected chi connectivity index (χ4v) is 7.06. The van der Waals surface area contributed by atoms with Crippen LogP contribution in [0.5, 0.6) is 0 Å². The number of para-hydroxylation sites is 1. The molecule has 9 nitrogen and oxygen atoms in total. The second kappa shape index (κ2) is 11.3. The van der Waals surface area contributed by atoms with Gasteiger partial charge in [-0.15, -0.1) is 0 Å². The molecule has 1 aliphatic heterocycles. The summed E-state index contributed by atoms with van der Waals surface area (Å²) in [6.45, 7) is 3.05. The van der Waals surface area contributed by atoms with E-state index in [0.29, 0.717) is 28.8 Å². The molecule has 1 saturated heterocycles. The van der Waals surface area contributed by atoms with Gasteiger partial charge in [0.15, 0.2) is 0 Å². The molecule has 13 heteroatoms. The smallest absolute Gasteiger partial charge is 0.257 e. The highest BCUT2D eigenvalue weighted by Crippen LogP contribution is 2.30. The Bertz CT molecular complexity index is 1580. The Labute approximate surface area is 239 Å². The Morgan fingerprint density at radius 1 is 0.949 bits per heavy atom. The minimum Gasteiger partial charge on any atom is -0.369 e. The molecule has 1 amide bonds. The number of carbonyl (C=O) groups is 1. The van der Waals surface area contributed by atoms with Gasteiger partial charge in [0.2, 0.25) is 20.0 Å². The molecule has 0 saturated carbocycles. The van der Waals surface area contributed by atoms with Gasteiger partial charge in [-0.05, 0) is 61.5 Å². The standard InChI is InChI=1S/C26H28Cl2N4O5S2/c1-18-17-31(22-15-19(27)14-20(28)16-22)12-13-32(18)39(36,37)23-10-8-21(9-11-23)29-26(33)24-6-4-5-7-25(24)30(2)38(3,34)35/h4-11,14-16,18H,12-13,17H2,1-3H3,(H,29,33)/t18-/m0/s1. The number of hydrogen-bond donors (Lipinski definition) is 1. The van der Waals surface area contributed by atoms with Crippen molar-refractivity contribution in [2.75, 3.05) is 47.5 Å². The molecule has 0 aliphatic carbocycles. The van der Waals surface area contributed by atoms with E-state index in [9.17, 15) is 21.6 Å². The summed E-state index contributed by atoms with van der Waals surface area (Å²) in [6.07, 6.45) is 1.05. The zero-order valence-electron chi connectivity index (χ0n) is 21.5. The maximum Gasteiger partial charge on any atom is 0.257 e. The van der Waals surface area contributed by atoms with Crippen LogP contribution in [0.25, 0.3) is 0 Å². The largest absolute Gasteiger partial charge is 0.369 e. The van der Waals surface area contributed by atoms with Crippen molar-refractivity contribution in [1.82, 2.24) is 4.31 Å². The Kier molecular flexibility index (Phi) is 8.48. The van der Waals surface area contributed by atoms with Gasteiger partial charge < -0.3 is 10.2 Å². The first kappa shape index (κ1) is 29.2. The summed E-state index contributed by atoms with van der Waals surface area (Å²) in [5.74, 6) is -0.525. The number of nitrogens with zero attached hydrogens (tertiary/aromatic N) is 3. The summed E-state index contributed by atoms with van der Waals surface area (Å²) < 4.78 is 53.3. The van der Waals surface area contributed by atoms with Gasteiger partial charge >= 0.3 is 0 Å². The normalized spacial score (nSPS) is 16.6. The first-order chi connectivity index (χ1) is 18.3. The van der Waals surface area contributed by atoms with Gasteiger partial charge in [0, 0.05) is 54.1 Å². The number of amides is 1. The fourth-order valence-electron chi connectivity index (χ4n) is 4.42. The quantitative estimate of drug-likeness (QED) is 0.421. The van der Waals surface area contributed by atoms with Crippen molar-refractivity contribution in [3.05, 3.63) is 82.3 Å². The molecule has 1 N–H and O–H groups in total. The van der Waals surface area contributed by atoms with Gasteiger partial charge in [-0.2, -0.15) is 4.31 Å². The predicted octanol–water partition coefficient (Wildman–Crippen LogP) is 4.54. The molecular weight excluding hydrogens is 583 g/mol. The first-order valence-electron chi connectivity index (χ1n) is 11.9. The van der Waals surface area contributed by atoms with Crippen LogP contribution in [0.3, 0.4) is 0 Å². The molecule has 3 aromatic carbocycles. The lowest BCUT2D eigenvalue weighted by Crippen LogP contribution is -2.54. The number of piperazine rings is 1. The second-order valence-electron chi connectivity index (χ2n) is 9.26. The van der Waals surface area contributed by atoms with Crippen LogP contribution in [-0.2, 0) is 20.0 Å². The summed E-state index contributed by atoms with van der Waals surface area (Å²) >= 11 is 12.3. The number of hydrogen-bond acceptors (Lipinski definition) is 6. The van der Waals surface area contributed by atoms with Crippen molar-refractivity contribution in [2.45, 2.75) is 17.9 Å². The average Bonchev–Trinajstić information content (AvgIpc) is 2.87. The third kappa shape index (κ3) is 6.50. The van der Waals surface area contributed by atoms with Gasteiger partial charge in [0.25, 0.3) is 5.91 Å². The molecule has 0 bridgehead atoms. The van der Waals surface area contributed by atoms with Crippen LogP contribution in [0.4, 0.5) is 17.1 Å². The van der Waals surface area contributed by atoms with Crippen LogP contribution < -0.4 is 14.5 Å². The van der Waals surface area contributed by atoms with E-state index in [1.807, 2.05) is 11.8 Å². The average molecular weight is 612 g/mol. The molecule has 4 rings (SSSR count). The maximum absolute atomic E-state index is 13.4. The van der Waals surface area contributed by atoms with Gasteiger partial charge in [0.05, 0.1) is 22.4 Å². The molecule has 1 atom stereocenters. The lowest BCUT2D eigenvalue weighted by molar-refractivity contribution is 0.102. The second-order valence-corrected chi connectivity index (χ2v) is 14.0. The van der Waals surface area contributed by atoms with Crippen LogP contribution in [0.1, 0.15) is 17.3 Å². The number of rotatable bonds is 7. The van der Waals surface area contributed by atoms with Crippen LogP contribution in [0.15, 0.2) is 71.6 Å². The SMILES string of the molecule is C[C@H]1CN(c2cc(Cl)cc(Cl)c2)CCN1S(=O)(=O)c1ccc(NC(=O)c2ccccc2N(C)S(C)(=O)=O)cc1. The lowest BCUT2D eigenvalue weighted by Gasteiger charge is -2.40. The molecule has 1 aliphatic rings. The Morgan fingerprint density at radius 3 is 2.15 bits per heavy atom. The van der Waals surface area contributed by atoms with Crippen molar-refractivity contribution in [1.29, 1.82) is 0 Å². The topological polar surface area (TPSA) is 107 Å². The number of anilines is 3. The molecule has 0 unspecified atom stereocenters. The van der Waals surface area contributed by atoms with Crippen LogP contribution in [0.2, 0.25) is 10.0 Å². The molecule has 0 spiro atoms. The lowest BCUT2D eigenvalue weighted by atomic mass is 10.1. The minimum absolute atomic E-state index is 0.101. The Hall–Kier alpha value is -2.83. The van der Waals surface area contributed by atoms with Gasteiger partial charge in [-0.25, -0.2) is 16.8 Å². The van der Waals surface area contributed by atoms with E-state index in [4.69, 9.17) is 23.2 Å². The van der Waals surface area contributed by atoms with E-state index in [1.165, 1.54) is 47.8 Å². The molecule has 1 fully saturated rings. The van der Waals surface area contributed by atoms with Crippen molar-refractivity contribution in [2.24, 2.45) is 0 Å². The maximum atomic E-state index is 13.4. The van der Waals surface area contributed by atoms with E-state index < -0.39 is 26.0 Å². The van der Waals surface area contributed by atoms with Crippen LogP contribution in [0, 0.1) is 0 Å². The number of sulfonamides is 2. The minimum atomic E-state index is -3.80. The summed E-state index contributed by atoms with van der Waals surface area (Å²) in [6, 6.07) is 17.1. The van der Waals surface area contributed by atoms with Gasteiger partial charge in [-0.3, -0.25) is 9.10 Å². The third-order valence-electron chi connectivity index (χ3n) is 6.48. The van der Waals surface area contributed by atoms with E-state index in [-0.39, 0.29) is 28.7 Å². The van der Waals surface area contributed by atoms with Crippen molar-refractivity contribution >= 4 is 66.2 Å². The molecule has 1 heterocycles. The van der Waals surface area contributed by atoms with Gasteiger partial charge in [0.1, 0.15) is 0 Å². The zero-order valence-corrected chi connectivity index (χ0v) is 24.6. The van der Waals surface area contributed by atoms with E-state index >= 15 is 0 Å². The Balaban J connectivity index is 1.47. The Morgan fingerprint density at radius 2 is 1.56 bits per heavy atom. The summed E-state index contributed by atoms with van der Waals surface area (Å²) in [4.78, 5) is 15.1. The zero-order chi connectivity index (χ0) is 28.5. The molecular formula is C26H28Cl2N4O5S2. The summed E-state index contributed by atoms with van der Waals surface area (Å²) in [7, 11) is -6.01. The highest BCUT2D eigenvalue weighted by atomic mass is 35.5. The fraction of sp³-hybridized carbons (Fsp3) is 0.269. The van der Waals surface area contributed by atoms with Crippen molar-refractivity contribution in [3.8, 4) is 0 Å². The monoisotopic (exact) mass is 610 g/mol. The molecule has 208 valence electrons. The van der Waals surface area contributed by atoms with E-state index in [1.54, 1.807) is 30.3 Å². The van der Waals surface area contributed by atoms with E-state index in [0.717, 1.165) is 16.2 Å². The number of halogens is 2. The van der Waals surface area contributed by atoms with Crippen molar-refractivity contribution in [3.63, 3.8) is 0 Å². The van der Waals surface area contributed by atoms with E-state index in [2.05, 4.69) is 5.32 Å². The van der Waals surface area contributed by atoms with Crippen molar-refractivity contribution < 1.29 is 21.6 Å². The molecule has 0 aromatic heterocycles. The highest BCUT2D eigenvalue weighted by molar-refractivity contribution is 7.92. The van der Waals surface area contributed by atoms with Crippen LogP contribution in [-0.4, -0.2) is 66.0 Å². The summed E-state index contributed by atoms with van der Waals surface area (Å²) in [5, 5.41) is 3.73. The molecule has 0 radical (unpaired) electrons. The molecule has 3 aromatic rings. The molecule has 39 heavy (non-hydrogen) atoms. The predicted molar refractivity (Wildman–Crippen MR) is 156 cm³/mol. The number of nitrogens with one attached hydrogen (secondary N) is 1.